The molecule has 8 nitrogen and oxygen atoms in total. The van der Waals surface area contributed by atoms with Crippen molar-refractivity contribution in [2.24, 2.45) is 14.1 Å². The fraction of sp³-hybridized carbons (Fsp3) is 0.400. The number of para-hydroxylation sites is 1. The molecule has 2 aromatic heterocycles. The second-order valence-electron chi connectivity index (χ2n) is 7.01. The van der Waals surface area contributed by atoms with Gasteiger partial charge >= 0.3 is 5.69 Å². The van der Waals surface area contributed by atoms with Crippen molar-refractivity contribution in [2.45, 2.75) is 17.3 Å². The lowest BCUT2D eigenvalue weighted by Gasteiger charge is -2.25. The van der Waals surface area contributed by atoms with E-state index in [1.807, 2.05) is 24.3 Å². The first-order valence-corrected chi connectivity index (χ1v) is 10.5. The fourth-order valence-corrected chi connectivity index (χ4v) is 4.35. The third-order valence-corrected chi connectivity index (χ3v) is 6.09. The predicted molar refractivity (Wildman–Crippen MR) is 112 cm³/mol. The first-order chi connectivity index (χ1) is 14.0. The maximum absolute atomic E-state index is 12.2. The molecule has 0 N–H and O–H groups in total. The number of morpholine rings is 1. The van der Waals surface area contributed by atoms with Crippen molar-refractivity contribution in [1.82, 2.24) is 24.0 Å². The van der Waals surface area contributed by atoms with Crippen LogP contribution in [0.15, 0.2) is 44.9 Å². The summed E-state index contributed by atoms with van der Waals surface area (Å²) in [7, 11) is 3.16. The molecule has 3 heterocycles. The number of rotatable bonds is 5. The van der Waals surface area contributed by atoms with E-state index in [9.17, 15) is 9.59 Å². The zero-order valence-electron chi connectivity index (χ0n) is 16.5. The average molecular weight is 414 g/mol. The van der Waals surface area contributed by atoms with E-state index in [1.165, 1.54) is 29.4 Å². The van der Waals surface area contributed by atoms with E-state index >= 15 is 0 Å². The molecule has 0 bridgehead atoms. The van der Waals surface area contributed by atoms with Crippen LogP contribution >= 0.6 is 11.8 Å². The SMILES string of the molecule is Cn1c(CSc2nc(CN3CCOCC3)nc3ccccc23)cc(=O)n(C)c1=O. The number of nitrogens with zero attached hydrogens (tertiary/aromatic N) is 5. The van der Waals surface area contributed by atoms with Gasteiger partial charge in [-0.2, -0.15) is 0 Å². The first kappa shape index (κ1) is 19.8. The molecule has 0 aliphatic carbocycles. The lowest BCUT2D eigenvalue weighted by atomic mass is 10.2. The van der Waals surface area contributed by atoms with Crippen molar-refractivity contribution in [3.05, 3.63) is 62.7 Å². The largest absolute Gasteiger partial charge is 0.379 e. The molecule has 3 aromatic rings. The highest BCUT2D eigenvalue weighted by Crippen LogP contribution is 2.28. The Bertz CT molecular complexity index is 1150. The first-order valence-electron chi connectivity index (χ1n) is 9.47. The van der Waals surface area contributed by atoms with Gasteiger partial charge in [0.25, 0.3) is 5.56 Å². The van der Waals surface area contributed by atoms with Crippen LogP contribution in [0.5, 0.6) is 0 Å². The van der Waals surface area contributed by atoms with Crippen LogP contribution in [0.25, 0.3) is 10.9 Å². The Morgan fingerprint density at radius 1 is 1.07 bits per heavy atom. The molecule has 0 amide bonds. The average Bonchev–Trinajstić information content (AvgIpc) is 2.74. The highest BCUT2D eigenvalue weighted by atomic mass is 32.2. The Kier molecular flexibility index (Phi) is 5.79. The molecular formula is C20H23N5O3S. The van der Waals surface area contributed by atoms with Gasteiger partial charge in [-0.25, -0.2) is 14.8 Å². The van der Waals surface area contributed by atoms with E-state index in [2.05, 4.69) is 4.90 Å². The van der Waals surface area contributed by atoms with Gasteiger partial charge in [0.1, 0.15) is 10.9 Å². The summed E-state index contributed by atoms with van der Waals surface area (Å²) >= 11 is 1.51. The van der Waals surface area contributed by atoms with Crippen LogP contribution in [0.3, 0.4) is 0 Å². The number of hydrogen-bond acceptors (Lipinski definition) is 7. The van der Waals surface area contributed by atoms with Gasteiger partial charge in [-0.05, 0) is 6.07 Å². The van der Waals surface area contributed by atoms with Gasteiger partial charge in [-0.1, -0.05) is 30.0 Å². The van der Waals surface area contributed by atoms with Gasteiger partial charge in [0, 0.05) is 50.1 Å². The van der Waals surface area contributed by atoms with E-state index in [4.69, 9.17) is 14.7 Å². The van der Waals surface area contributed by atoms with E-state index < -0.39 is 0 Å². The molecule has 152 valence electrons. The molecule has 0 atom stereocenters. The van der Waals surface area contributed by atoms with Gasteiger partial charge in [-0.3, -0.25) is 18.8 Å². The van der Waals surface area contributed by atoms with Crippen LogP contribution in [0.1, 0.15) is 11.5 Å². The molecule has 1 aromatic carbocycles. The summed E-state index contributed by atoms with van der Waals surface area (Å²) in [5, 5.41) is 1.82. The third kappa shape index (κ3) is 4.26. The summed E-state index contributed by atoms with van der Waals surface area (Å²) in [6.45, 7) is 3.87. The number of ether oxygens (including phenoxy) is 1. The summed E-state index contributed by atoms with van der Waals surface area (Å²) in [6.07, 6.45) is 0. The monoisotopic (exact) mass is 413 g/mol. The molecule has 9 heteroatoms. The van der Waals surface area contributed by atoms with E-state index in [0.717, 1.165) is 52.6 Å². The summed E-state index contributed by atoms with van der Waals surface area (Å²) in [4.78, 5) is 36.0. The second-order valence-corrected chi connectivity index (χ2v) is 7.98. The van der Waals surface area contributed by atoms with Gasteiger partial charge < -0.3 is 4.74 Å². The quantitative estimate of drug-likeness (QED) is 0.458. The fourth-order valence-electron chi connectivity index (χ4n) is 3.29. The molecule has 1 aliphatic heterocycles. The molecule has 0 saturated carbocycles. The number of fused-ring (bicyclic) bond motifs is 1. The number of aromatic nitrogens is 4. The van der Waals surface area contributed by atoms with Crippen molar-refractivity contribution >= 4 is 22.7 Å². The number of thioether (sulfide) groups is 1. The lowest BCUT2D eigenvalue weighted by Crippen LogP contribution is -2.37. The Labute approximate surface area is 172 Å². The Balaban J connectivity index is 1.64. The zero-order valence-corrected chi connectivity index (χ0v) is 17.3. The molecular weight excluding hydrogens is 390 g/mol. The standard InChI is InChI=1S/C20H23N5O3S/c1-23-14(11-18(26)24(2)20(23)27)13-29-19-15-5-3-4-6-16(15)21-17(22-19)12-25-7-9-28-10-8-25/h3-6,11H,7-10,12-13H2,1-2H3. The van der Waals surface area contributed by atoms with Gasteiger partial charge in [0.15, 0.2) is 0 Å². The lowest BCUT2D eigenvalue weighted by molar-refractivity contribution is 0.0330. The minimum Gasteiger partial charge on any atom is -0.379 e. The maximum Gasteiger partial charge on any atom is 0.330 e. The van der Waals surface area contributed by atoms with Gasteiger partial charge in [-0.15, -0.1) is 0 Å². The Hall–Kier alpha value is -2.49. The number of hydrogen-bond donors (Lipinski definition) is 0. The minimum absolute atomic E-state index is 0.302. The number of benzene rings is 1. The Morgan fingerprint density at radius 3 is 2.62 bits per heavy atom. The van der Waals surface area contributed by atoms with E-state index in [0.29, 0.717) is 18.0 Å². The zero-order chi connectivity index (χ0) is 20.4. The predicted octanol–water partition coefficient (Wildman–Crippen LogP) is 1.15. The van der Waals surface area contributed by atoms with E-state index in [-0.39, 0.29) is 11.2 Å². The van der Waals surface area contributed by atoms with Crippen LogP contribution < -0.4 is 11.2 Å². The Morgan fingerprint density at radius 2 is 1.83 bits per heavy atom. The molecule has 1 fully saturated rings. The molecule has 0 radical (unpaired) electrons. The van der Waals surface area contributed by atoms with Crippen molar-refractivity contribution in [2.75, 3.05) is 26.3 Å². The van der Waals surface area contributed by atoms with Crippen LogP contribution in [-0.4, -0.2) is 50.3 Å². The molecule has 1 aliphatic rings. The third-order valence-electron chi connectivity index (χ3n) is 5.07. The van der Waals surface area contributed by atoms with Crippen molar-refractivity contribution in [3.63, 3.8) is 0 Å². The second kappa shape index (κ2) is 8.48. The van der Waals surface area contributed by atoms with Crippen molar-refractivity contribution in [3.8, 4) is 0 Å². The maximum atomic E-state index is 12.2. The highest BCUT2D eigenvalue weighted by molar-refractivity contribution is 7.98. The summed E-state index contributed by atoms with van der Waals surface area (Å²) in [5.74, 6) is 1.24. The summed E-state index contributed by atoms with van der Waals surface area (Å²) < 4.78 is 8.03. The molecule has 29 heavy (non-hydrogen) atoms. The molecule has 4 rings (SSSR count). The smallest absolute Gasteiger partial charge is 0.330 e. The summed E-state index contributed by atoms with van der Waals surface area (Å²) in [6, 6.07) is 9.42. The molecule has 0 unspecified atom stereocenters. The minimum atomic E-state index is -0.325. The van der Waals surface area contributed by atoms with Crippen molar-refractivity contribution in [1.29, 1.82) is 0 Å². The highest BCUT2D eigenvalue weighted by Gasteiger charge is 2.15. The summed E-state index contributed by atoms with van der Waals surface area (Å²) in [5.41, 5.74) is 0.935. The molecule has 1 saturated heterocycles. The van der Waals surface area contributed by atoms with Gasteiger partial charge in [0.2, 0.25) is 0 Å². The van der Waals surface area contributed by atoms with E-state index in [1.54, 1.807) is 7.05 Å². The van der Waals surface area contributed by atoms with Crippen LogP contribution in [0, 0.1) is 0 Å². The molecule has 0 spiro atoms. The normalized spacial score (nSPS) is 15.1. The topological polar surface area (TPSA) is 82.2 Å². The van der Waals surface area contributed by atoms with Crippen LogP contribution in [0.2, 0.25) is 0 Å². The van der Waals surface area contributed by atoms with Crippen LogP contribution in [-0.2, 0) is 31.1 Å². The van der Waals surface area contributed by atoms with Crippen molar-refractivity contribution < 1.29 is 4.74 Å². The van der Waals surface area contributed by atoms with Gasteiger partial charge in [0.05, 0.1) is 25.3 Å². The van der Waals surface area contributed by atoms with Crippen LogP contribution in [0.4, 0.5) is 0 Å².